The van der Waals surface area contributed by atoms with E-state index in [0.29, 0.717) is 0 Å². The van der Waals surface area contributed by atoms with Crippen LogP contribution in [-0.4, -0.2) is 20.0 Å². The van der Waals surface area contributed by atoms with E-state index in [1.54, 1.807) is 0 Å². The van der Waals surface area contributed by atoms with E-state index < -0.39 is 0 Å². The number of nitrogens with zero attached hydrogens (tertiary/aromatic N) is 3. The predicted octanol–water partition coefficient (Wildman–Crippen LogP) is 2.90. The molecule has 0 amide bonds. The summed E-state index contributed by atoms with van der Waals surface area (Å²) in [5.74, 6) is 0. The zero-order valence-corrected chi connectivity index (χ0v) is 9.54. The Labute approximate surface area is 103 Å². The van der Waals surface area contributed by atoms with Crippen molar-refractivity contribution in [2.45, 2.75) is 0 Å². The maximum absolute atomic E-state index is 4.44. The highest BCUT2D eigenvalue weighted by Gasteiger charge is 2.05. The lowest BCUT2D eigenvalue weighted by Gasteiger charge is -2.03. The van der Waals surface area contributed by atoms with Gasteiger partial charge in [-0.2, -0.15) is 10.2 Å². The number of para-hydroxylation sites is 1. The molecule has 0 radical (unpaired) electrons. The first-order valence-corrected chi connectivity index (χ1v) is 5.78. The average molecular weight is 234 g/mol. The number of benzene rings is 2. The maximum atomic E-state index is 4.44. The molecule has 0 atom stereocenters. The third-order valence-electron chi connectivity index (χ3n) is 3.15. The number of aromatic nitrogens is 4. The number of nitrogens with one attached hydrogen (secondary N) is 1. The van der Waals surface area contributed by atoms with Gasteiger partial charge in [0.1, 0.15) is 0 Å². The summed E-state index contributed by atoms with van der Waals surface area (Å²) in [7, 11) is 0. The van der Waals surface area contributed by atoms with Crippen molar-refractivity contribution in [3.05, 3.63) is 54.9 Å². The molecule has 4 aromatic rings. The van der Waals surface area contributed by atoms with E-state index in [4.69, 9.17) is 0 Å². The van der Waals surface area contributed by atoms with Gasteiger partial charge in [0.25, 0.3) is 0 Å². The smallest absolute Gasteiger partial charge is 0.0741 e. The molecule has 0 aliphatic heterocycles. The molecular formula is C14H10N4. The minimum Gasteiger partial charge on any atom is -0.278 e. The average Bonchev–Trinajstić information content (AvgIpc) is 3.04. The number of aromatic amines is 1. The first kappa shape index (κ1) is 9.41. The summed E-state index contributed by atoms with van der Waals surface area (Å²) in [5.41, 5.74) is 3.16. The fourth-order valence-corrected chi connectivity index (χ4v) is 2.23. The van der Waals surface area contributed by atoms with Crippen LogP contribution in [0.2, 0.25) is 0 Å². The van der Waals surface area contributed by atoms with Crippen molar-refractivity contribution in [2.75, 3.05) is 0 Å². The second kappa shape index (κ2) is 3.43. The number of fused-ring (bicyclic) bond motifs is 2. The third-order valence-corrected chi connectivity index (χ3v) is 3.15. The fraction of sp³-hybridized carbons (Fsp3) is 0. The van der Waals surface area contributed by atoms with Gasteiger partial charge < -0.3 is 0 Å². The lowest BCUT2D eigenvalue weighted by molar-refractivity contribution is 0.912. The molecule has 0 saturated carbocycles. The maximum Gasteiger partial charge on any atom is 0.0741 e. The Morgan fingerprint density at radius 1 is 0.944 bits per heavy atom. The van der Waals surface area contributed by atoms with Crippen molar-refractivity contribution in [1.29, 1.82) is 0 Å². The zero-order valence-electron chi connectivity index (χ0n) is 9.54. The Kier molecular flexibility index (Phi) is 1.80. The summed E-state index contributed by atoms with van der Waals surface area (Å²) in [6.45, 7) is 0. The number of rotatable bonds is 1. The first-order valence-electron chi connectivity index (χ1n) is 5.78. The van der Waals surface area contributed by atoms with Gasteiger partial charge in [-0.05, 0) is 24.3 Å². The second-order valence-electron chi connectivity index (χ2n) is 4.26. The van der Waals surface area contributed by atoms with Gasteiger partial charge in [0.15, 0.2) is 0 Å². The number of hydrogen-bond acceptors (Lipinski definition) is 2. The third kappa shape index (κ3) is 1.26. The van der Waals surface area contributed by atoms with Crippen molar-refractivity contribution in [3.8, 4) is 5.69 Å². The van der Waals surface area contributed by atoms with E-state index in [-0.39, 0.29) is 0 Å². The number of H-pyrrole nitrogens is 1. The Morgan fingerprint density at radius 3 is 2.89 bits per heavy atom. The summed E-state index contributed by atoms with van der Waals surface area (Å²) in [6, 6.07) is 14.3. The summed E-state index contributed by atoms with van der Waals surface area (Å²) < 4.78 is 1.94. The Balaban J connectivity index is 2.00. The molecule has 2 aromatic heterocycles. The van der Waals surface area contributed by atoms with E-state index in [9.17, 15) is 0 Å². The van der Waals surface area contributed by atoms with Crippen LogP contribution in [0.5, 0.6) is 0 Å². The minimum atomic E-state index is 1.02. The van der Waals surface area contributed by atoms with E-state index in [1.807, 2.05) is 35.3 Å². The molecule has 86 valence electrons. The van der Waals surface area contributed by atoms with Gasteiger partial charge in [-0.25, -0.2) is 4.68 Å². The Bertz CT molecular complexity index is 841. The minimum absolute atomic E-state index is 1.02. The van der Waals surface area contributed by atoms with Crippen molar-refractivity contribution < 1.29 is 0 Å². The van der Waals surface area contributed by atoms with E-state index in [2.05, 4.69) is 39.6 Å². The predicted molar refractivity (Wildman–Crippen MR) is 70.7 cm³/mol. The Morgan fingerprint density at radius 2 is 1.89 bits per heavy atom. The molecule has 4 rings (SSSR count). The van der Waals surface area contributed by atoms with Gasteiger partial charge in [-0.3, -0.25) is 5.10 Å². The lowest BCUT2D eigenvalue weighted by Crippen LogP contribution is -1.95. The summed E-state index contributed by atoms with van der Waals surface area (Å²) in [4.78, 5) is 0. The second-order valence-corrected chi connectivity index (χ2v) is 4.26. The van der Waals surface area contributed by atoms with Crippen LogP contribution in [0.25, 0.3) is 27.5 Å². The van der Waals surface area contributed by atoms with Crippen molar-refractivity contribution in [3.63, 3.8) is 0 Å². The summed E-state index contributed by atoms with van der Waals surface area (Å²) in [5, 5.41) is 13.7. The van der Waals surface area contributed by atoms with Crippen molar-refractivity contribution in [1.82, 2.24) is 20.0 Å². The van der Waals surface area contributed by atoms with Crippen LogP contribution in [0.15, 0.2) is 54.9 Å². The van der Waals surface area contributed by atoms with Gasteiger partial charge in [0.2, 0.25) is 0 Å². The highest BCUT2D eigenvalue weighted by Crippen LogP contribution is 2.20. The molecule has 2 aromatic carbocycles. The highest BCUT2D eigenvalue weighted by atomic mass is 15.3. The quantitative estimate of drug-likeness (QED) is 0.550. The molecule has 0 unspecified atom stereocenters. The fourth-order valence-electron chi connectivity index (χ4n) is 2.23. The zero-order chi connectivity index (χ0) is 11.9. The monoisotopic (exact) mass is 234 g/mol. The van der Waals surface area contributed by atoms with E-state index in [0.717, 1.165) is 27.5 Å². The molecule has 0 aliphatic rings. The van der Waals surface area contributed by atoms with Crippen LogP contribution in [-0.2, 0) is 0 Å². The van der Waals surface area contributed by atoms with E-state index >= 15 is 0 Å². The van der Waals surface area contributed by atoms with E-state index in [1.165, 1.54) is 0 Å². The summed E-state index contributed by atoms with van der Waals surface area (Å²) >= 11 is 0. The molecule has 4 heteroatoms. The largest absolute Gasteiger partial charge is 0.278 e. The molecule has 0 spiro atoms. The molecular weight excluding hydrogens is 224 g/mol. The SMILES string of the molecule is c1ccc2c(c1)cnn2-c1ccc2cn[nH]c2c1. The molecule has 2 heterocycles. The molecule has 0 saturated heterocycles. The topological polar surface area (TPSA) is 46.5 Å². The van der Waals surface area contributed by atoms with Gasteiger partial charge in [-0.1, -0.05) is 18.2 Å². The lowest BCUT2D eigenvalue weighted by atomic mass is 10.2. The molecule has 18 heavy (non-hydrogen) atoms. The molecule has 4 nitrogen and oxygen atoms in total. The molecule has 0 bridgehead atoms. The van der Waals surface area contributed by atoms with Crippen LogP contribution in [0, 0.1) is 0 Å². The summed E-state index contributed by atoms with van der Waals surface area (Å²) in [6.07, 6.45) is 3.70. The van der Waals surface area contributed by atoms with Crippen LogP contribution in [0.1, 0.15) is 0 Å². The van der Waals surface area contributed by atoms with Crippen LogP contribution in [0.4, 0.5) is 0 Å². The molecule has 1 N–H and O–H groups in total. The van der Waals surface area contributed by atoms with Crippen molar-refractivity contribution >= 4 is 21.8 Å². The van der Waals surface area contributed by atoms with Crippen LogP contribution in [0.3, 0.4) is 0 Å². The first-order chi connectivity index (χ1) is 8.92. The Hall–Kier alpha value is -2.62. The molecule has 0 fully saturated rings. The van der Waals surface area contributed by atoms with Crippen LogP contribution >= 0.6 is 0 Å². The van der Waals surface area contributed by atoms with Gasteiger partial charge in [-0.15, -0.1) is 0 Å². The molecule has 0 aliphatic carbocycles. The van der Waals surface area contributed by atoms with Gasteiger partial charge >= 0.3 is 0 Å². The standard InChI is InChI=1S/C14H10N4/c1-2-4-14-11(3-1)9-16-18(14)12-6-5-10-8-15-17-13(10)7-12/h1-9H,(H,15,17). The highest BCUT2D eigenvalue weighted by molar-refractivity contribution is 5.83. The van der Waals surface area contributed by atoms with Gasteiger partial charge in [0, 0.05) is 10.8 Å². The number of hydrogen-bond donors (Lipinski definition) is 1. The van der Waals surface area contributed by atoms with Crippen molar-refractivity contribution in [2.24, 2.45) is 0 Å². The van der Waals surface area contributed by atoms with Gasteiger partial charge in [0.05, 0.1) is 29.1 Å². The normalized spacial score (nSPS) is 11.3. The van der Waals surface area contributed by atoms with Crippen LogP contribution < -0.4 is 0 Å².